The number of hydrogen-bond donors (Lipinski definition) is 4. The summed E-state index contributed by atoms with van der Waals surface area (Å²) in [6, 6.07) is 15.4. The number of nitrogens with zero attached hydrogens (tertiary/aromatic N) is 2. The number of carbonyl (C=O) groups is 3. The highest BCUT2D eigenvalue weighted by Gasteiger charge is 2.48. The predicted molar refractivity (Wildman–Crippen MR) is 159 cm³/mol. The summed E-state index contributed by atoms with van der Waals surface area (Å²) in [5.41, 5.74) is 4.28. The highest BCUT2D eigenvalue weighted by atomic mass is 16.2. The van der Waals surface area contributed by atoms with E-state index in [4.69, 9.17) is 0 Å². The van der Waals surface area contributed by atoms with Crippen molar-refractivity contribution in [2.45, 2.75) is 55.5 Å². The maximum absolute atomic E-state index is 14.0. The quantitative estimate of drug-likeness (QED) is 0.374. The van der Waals surface area contributed by atoms with Crippen molar-refractivity contribution < 1.29 is 14.4 Å². The average molecular weight is 557 g/mol. The van der Waals surface area contributed by atoms with E-state index in [1.54, 1.807) is 4.90 Å². The Morgan fingerprint density at radius 3 is 2.59 bits per heavy atom. The van der Waals surface area contributed by atoms with E-state index in [1.807, 2.05) is 55.5 Å². The van der Waals surface area contributed by atoms with E-state index in [9.17, 15) is 14.4 Å². The van der Waals surface area contributed by atoms with Crippen molar-refractivity contribution in [3.8, 4) is 0 Å². The number of carbonyl (C=O) groups excluding carboxylic acids is 3. The lowest BCUT2D eigenvalue weighted by atomic mass is 9.73. The summed E-state index contributed by atoms with van der Waals surface area (Å²) in [6.07, 6.45) is 5.60. The Bertz CT molecular complexity index is 1430. The molecule has 3 heterocycles. The summed E-state index contributed by atoms with van der Waals surface area (Å²) in [6.45, 7) is 2.80. The van der Waals surface area contributed by atoms with Crippen molar-refractivity contribution >= 4 is 28.7 Å². The Labute approximate surface area is 241 Å². The van der Waals surface area contributed by atoms with Crippen LogP contribution in [0.15, 0.2) is 54.7 Å². The first-order valence-electron chi connectivity index (χ1n) is 14.8. The van der Waals surface area contributed by atoms with Gasteiger partial charge in [0.1, 0.15) is 6.04 Å². The number of amides is 4. The molecule has 0 unspecified atom stereocenters. The summed E-state index contributed by atoms with van der Waals surface area (Å²) in [5.74, 6) is -0.0650. The third-order valence-corrected chi connectivity index (χ3v) is 9.37. The summed E-state index contributed by atoms with van der Waals surface area (Å²) in [4.78, 5) is 47.0. The fraction of sp³-hybridized carbons (Fsp3) is 0.469. The molecule has 3 atom stereocenters. The van der Waals surface area contributed by atoms with E-state index < -0.39 is 6.04 Å². The third-order valence-electron chi connectivity index (χ3n) is 9.37. The Balaban J connectivity index is 1.19. The number of aromatic amines is 1. The number of benzene rings is 2. The van der Waals surface area contributed by atoms with Crippen molar-refractivity contribution in [2.24, 2.45) is 0 Å². The molecule has 216 valence electrons. The van der Waals surface area contributed by atoms with Crippen LogP contribution in [0, 0.1) is 0 Å². The van der Waals surface area contributed by atoms with Crippen LogP contribution in [0.2, 0.25) is 0 Å². The fourth-order valence-electron chi connectivity index (χ4n) is 7.16. The number of piperidine rings is 1. The van der Waals surface area contributed by atoms with Crippen LogP contribution in [0.4, 0.5) is 4.79 Å². The second-order valence-corrected chi connectivity index (χ2v) is 12.1. The monoisotopic (exact) mass is 556 g/mol. The first kappa shape index (κ1) is 27.3. The number of hydrogen-bond acceptors (Lipinski definition) is 4. The molecule has 3 aromatic rings. The van der Waals surface area contributed by atoms with Crippen molar-refractivity contribution in [2.75, 3.05) is 40.3 Å². The van der Waals surface area contributed by atoms with Gasteiger partial charge in [0.15, 0.2) is 0 Å². The van der Waals surface area contributed by atoms with Gasteiger partial charge in [-0.2, -0.15) is 0 Å². The Morgan fingerprint density at radius 1 is 1.07 bits per heavy atom. The SMILES string of the molecule is CN(C)C(=O)[C@@H]1CC2(CCN(C(=O)[C@@H](Cc3c[nH]c4ccccc34)NC(=O)N[C@H]3CCNC3)CC2)c2ccccc21. The standard InChI is InChI=1S/C32H40N6O3/c1-37(2)29(39)25-18-32(26-9-5-3-8-24(25)26)12-15-38(16-13-32)30(40)28(36-31(41)35-22-11-14-33-20-22)17-21-19-34-27-10-6-4-7-23(21)27/h3-10,19,22,25,28,33-34H,11-18,20H2,1-2H3,(H2,35,36,41)/t22-,25+,28+/m0/s1. The van der Waals surface area contributed by atoms with Gasteiger partial charge >= 0.3 is 6.03 Å². The largest absolute Gasteiger partial charge is 0.361 e. The molecule has 2 saturated heterocycles. The number of urea groups is 1. The van der Waals surface area contributed by atoms with Crippen LogP contribution in [0.25, 0.3) is 10.9 Å². The van der Waals surface area contributed by atoms with E-state index in [-0.39, 0.29) is 35.2 Å². The fourth-order valence-corrected chi connectivity index (χ4v) is 7.16. The second kappa shape index (κ2) is 11.2. The lowest BCUT2D eigenvalue weighted by Gasteiger charge is -2.41. The van der Waals surface area contributed by atoms with E-state index >= 15 is 0 Å². The van der Waals surface area contributed by atoms with Crippen LogP contribution in [-0.2, 0) is 21.4 Å². The van der Waals surface area contributed by atoms with Crippen LogP contribution in [0.5, 0.6) is 0 Å². The van der Waals surface area contributed by atoms with Crippen LogP contribution >= 0.6 is 0 Å². The third kappa shape index (κ3) is 5.30. The molecule has 2 aliphatic heterocycles. The first-order valence-corrected chi connectivity index (χ1v) is 14.8. The molecule has 0 saturated carbocycles. The normalized spacial score (nSPS) is 22.0. The molecule has 4 N–H and O–H groups in total. The summed E-state index contributed by atoms with van der Waals surface area (Å²) in [7, 11) is 3.63. The minimum absolute atomic E-state index is 0.0583. The lowest BCUT2D eigenvalue weighted by Crippen LogP contribution is -2.56. The molecule has 1 aromatic heterocycles. The van der Waals surface area contributed by atoms with Crippen molar-refractivity contribution in [3.63, 3.8) is 0 Å². The van der Waals surface area contributed by atoms with Crippen LogP contribution in [0.3, 0.4) is 0 Å². The topological polar surface area (TPSA) is 110 Å². The molecule has 4 amide bonds. The average Bonchev–Trinajstić information content (AvgIpc) is 3.72. The highest BCUT2D eigenvalue weighted by molar-refractivity contribution is 5.90. The zero-order valence-corrected chi connectivity index (χ0v) is 23.9. The van der Waals surface area contributed by atoms with Gasteiger partial charge in [-0.05, 0) is 55.0 Å². The molecule has 1 aliphatic carbocycles. The predicted octanol–water partition coefficient (Wildman–Crippen LogP) is 2.88. The summed E-state index contributed by atoms with van der Waals surface area (Å²) >= 11 is 0. The van der Waals surface area contributed by atoms with Gasteiger partial charge in [0.2, 0.25) is 11.8 Å². The van der Waals surface area contributed by atoms with E-state index in [1.165, 1.54) is 5.56 Å². The first-order chi connectivity index (χ1) is 19.8. The van der Waals surface area contributed by atoms with Gasteiger partial charge in [-0.25, -0.2) is 4.79 Å². The molecule has 41 heavy (non-hydrogen) atoms. The maximum atomic E-state index is 14.0. The number of rotatable bonds is 6. The highest BCUT2D eigenvalue weighted by Crippen LogP contribution is 2.52. The summed E-state index contributed by atoms with van der Waals surface area (Å²) < 4.78 is 0. The Morgan fingerprint density at radius 2 is 1.83 bits per heavy atom. The number of H-pyrrole nitrogens is 1. The minimum Gasteiger partial charge on any atom is -0.361 e. The van der Waals surface area contributed by atoms with Crippen LogP contribution in [-0.4, -0.2) is 85.0 Å². The molecule has 6 rings (SSSR count). The Hall–Kier alpha value is -3.85. The van der Waals surface area contributed by atoms with Gasteiger partial charge in [-0.1, -0.05) is 42.5 Å². The molecule has 9 nitrogen and oxygen atoms in total. The molecule has 2 fully saturated rings. The molecule has 1 spiro atoms. The van der Waals surface area contributed by atoms with Gasteiger partial charge in [0.05, 0.1) is 5.92 Å². The van der Waals surface area contributed by atoms with Gasteiger partial charge in [-0.3, -0.25) is 9.59 Å². The molecule has 2 aromatic carbocycles. The smallest absolute Gasteiger partial charge is 0.315 e. The van der Waals surface area contributed by atoms with Crippen LogP contribution < -0.4 is 16.0 Å². The number of likely N-dealkylation sites (tertiary alicyclic amines) is 1. The van der Waals surface area contributed by atoms with Crippen molar-refractivity contribution in [3.05, 3.63) is 71.4 Å². The van der Waals surface area contributed by atoms with E-state index in [2.05, 4.69) is 39.1 Å². The molecule has 0 bridgehead atoms. The van der Waals surface area contributed by atoms with Crippen molar-refractivity contribution in [1.29, 1.82) is 0 Å². The van der Waals surface area contributed by atoms with Gasteiger partial charge in [0, 0.05) is 68.7 Å². The summed E-state index contributed by atoms with van der Waals surface area (Å²) in [5, 5.41) is 10.4. The van der Waals surface area contributed by atoms with Crippen molar-refractivity contribution in [1.82, 2.24) is 30.7 Å². The number of fused-ring (bicyclic) bond motifs is 3. The zero-order valence-electron chi connectivity index (χ0n) is 23.9. The number of aromatic nitrogens is 1. The van der Waals surface area contributed by atoms with Crippen LogP contribution in [0.1, 0.15) is 48.3 Å². The molecule has 3 aliphatic rings. The molecular formula is C32H40N6O3. The minimum atomic E-state index is -0.684. The molecular weight excluding hydrogens is 516 g/mol. The number of nitrogens with one attached hydrogen (secondary N) is 4. The number of likely N-dealkylation sites (N-methyl/N-ethyl adjacent to an activating group) is 1. The molecule has 9 heteroatoms. The van der Waals surface area contributed by atoms with Gasteiger partial charge < -0.3 is 30.7 Å². The van der Waals surface area contributed by atoms with Gasteiger partial charge in [0.25, 0.3) is 0 Å². The second-order valence-electron chi connectivity index (χ2n) is 12.1. The zero-order chi connectivity index (χ0) is 28.6. The van der Waals surface area contributed by atoms with Gasteiger partial charge in [-0.15, -0.1) is 0 Å². The van der Waals surface area contributed by atoms with E-state index in [0.717, 1.165) is 60.8 Å². The lowest BCUT2D eigenvalue weighted by molar-refractivity contribution is -0.135. The maximum Gasteiger partial charge on any atom is 0.315 e. The Kier molecular flexibility index (Phi) is 7.46. The number of para-hydroxylation sites is 1. The van der Waals surface area contributed by atoms with E-state index in [0.29, 0.717) is 19.5 Å². The molecule has 0 radical (unpaired) electrons.